The molecule has 1 aromatic carbocycles. The number of nitrogens with two attached hydrogens (primary N) is 1. The minimum Gasteiger partial charge on any atom is -0.489 e. The fourth-order valence-electron chi connectivity index (χ4n) is 1.43. The van der Waals surface area contributed by atoms with Crippen LogP contribution >= 0.6 is 0 Å². The molecule has 0 fully saturated rings. The predicted octanol–water partition coefficient (Wildman–Crippen LogP) is 2.31. The Bertz CT molecular complexity index is 575. The molecule has 0 radical (unpaired) electrons. The van der Waals surface area contributed by atoms with Crippen molar-refractivity contribution in [3.05, 3.63) is 35.9 Å². The van der Waals surface area contributed by atoms with Crippen molar-refractivity contribution in [1.82, 2.24) is 9.97 Å². The molecule has 2 aromatic rings. The van der Waals surface area contributed by atoms with Gasteiger partial charge in [-0.3, -0.25) is 0 Å². The van der Waals surface area contributed by atoms with Gasteiger partial charge in [-0.15, -0.1) is 0 Å². The van der Waals surface area contributed by atoms with Crippen LogP contribution in [0, 0.1) is 12.7 Å². The average molecular weight is 249 g/mol. The third kappa shape index (κ3) is 2.32. The van der Waals surface area contributed by atoms with Crippen LogP contribution in [0.25, 0.3) is 0 Å². The highest BCUT2D eigenvalue weighted by molar-refractivity contribution is 5.52. The predicted molar refractivity (Wildman–Crippen MR) is 64.2 cm³/mol. The van der Waals surface area contributed by atoms with Crippen molar-refractivity contribution in [2.75, 3.05) is 12.8 Å². The fourth-order valence-corrected chi connectivity index (χ4v) is 1.43. The van der Waals surface area contributed by atoms with E-state index < -0.39 is 0 Å². The zero-order valence-corrected chi connectivity index (χ0v) is 9.98. The number of nitrogens with zero attached hydrogens (tertiary/aromatic N) is 2. The van der Waals surface area contributed by atoms with Gasteiger partial charge in [-0.2, -0.15) is 4.98 Å². The van der Waals surface area contributed by atoms with E-state index in [0.717, 1.165) is 0 Å². The standard InChI is InChI=1S/C12H12FN3O2/c1-7-5-8(3-4-9(7)13)18-12-10(17-2)11(14)15-6-16-12/h3-6H,1-2H3,(H2,14,15,16). The molecule has 94 valence electrons. The van der Waals surface area contributed by atoms with Crippen LogP contribution in [0.3, 0.4) is 0 Å². The van der Waals surface area contributed by atoms with Gasteiger partial charge in [-0.1, -0.05) is 0 Å². The molecule has 0 atom stereocenters. The summed E-state index contributed by atoms with van der Waals surface area (Å²) in [6.45, 7) is 1.65. The number of benzene rings is 1. The lowest BCUT2D eigenvalue weighted by Crippen LogP contribution is -2.00. The molecule has 2 N–H and O–H groups in total. The average Bonchev–Trinajstić information content (AvgIpc) is 2.34. The van der Waals surface area contributed by atoms with Crippen molar-refractivity contribution in [2.24, 2.45) is 0 Å². The van der Waals surface area contributed by atoms with Gasteiger partial charge < -0.3 is 15.2 Å². The van der Waals surface area contributed by atoms with Gasteiger partial charge >= 0.3 is 0 Å². The van der Waals surface area contributed by atoms with Crippen LogP contribution in [0.2, 0.25) is 0 Å². The number of ether oxygens (including phenoxy) is 2. The molecule has 1 aromatic heterocycles. The van der Waals surface area contributed by atoms with Crippen LogP contribution in [0.4, 0.5) is 10.2 Å². The zero-order chi connectivity index (χ0) is 13.1. The number of aryl methyl sites for hydroxylation is 1. The molecule has 0 spiro atoms. The molecule has 0 saturated heterocycles. The number of nitrogen functional groups attached to an aromatic ring is 1. The van der Waals surface area contributed by atoms with Crippen molar-refractivity contribution < 1.29 is 13.9 Å². The monoisotopic (exact) mass is 249 g/mol. The highest BCUT2D eigenvalue weighted by Gasteiger charge is 2.12. The van der Waals surface area contributed by atoms with Crippen molar-refractivity contribution in [1.29, 1.82) is 0 Å². The molecule has 18 heavy (non-hydrogen) atoms. The summed E-state index contributed by atoms with van der Waals surface area (Å²) in [5.74, 6) is 0.777. The van der Waals surface area contributed by atoms with E-state index in [0.29, 0.717) is 11.3 Å². The first-order valence-electron chi connectivity index (χ1n) is 5.20. The van der Waals surface area contributed by atoms with E-state index in [4.69, 9.17) is 15.2 Å². The quantitative estimate of drug-likeness (QED) is 0.903. The van der Waals surface area contributed by atoms with E-state index in [1.54, 1.807) is 13.0 Å². The molecule has 1 heterocycles. The molecule has 0 aliphatic carbocycles. The minimum atomic E-state index is -0.295. The number of halogens is 1. The van der Waals surface area contributed by atoms with E-state index in [-0.39, 0.29) is 23.3 Å². The fraction of sp³-hybridized carbons (Fsp3) is 0.167. The number of hydrogen-bond donors (Lipinski definition) is 1. The van der Waals surface area contributed by atoms with Gasteiger partial charge in [0.1, 0.15) is 17.9 Å². The van der Waals surface area contributed by atoms with Crippen molar-refractivity contribution in [3.8, 4) is 17.4 Å². The Balaban J connectivity index is 2.34. The lowest BCUT2D eigenvalue weighted by Gasteiger charge is -2.10. The van der Waals surface area contributed by atoms with E-state index >= 15 is 0 Å². The molecule has 5 nitrogen and oxygen atoms in total. The van der Waals surface area contributed by atoms with Gasteiger partial charge in [0.05, 0.1) is 7.11 Å². The second-order valence-corrected chi connectivity index (χ2v) is 3.61. The second-order valence-electron chi connectivity index (χ2n) is 3.61. The lowest BCUT2D eigenvalue weighted by molar-refractivity contribution is 0.369. The molecule has 0 aliphatic rings. The van der Waals surface area contributed by atoms with Crippen LogP contribution in [0.15, 0.2) is 24.5 Å². The van der Waals surface area contributed by atoms with Crippen LogP contribution in [0.1, 0.15) is 5.56 Å². The number of methoxy groups -OCH3 is 1. The minimum absolute atomic E-state index is 0.182. The molecule has 0 bridgehead atoms. The normalized spacial score (nSPS) is 10.2. The molecule has 0 unspecified atom stereocenters. The largest absolute Gasteiger partial charge is 0.489 e. The Labute approximate surface area is 103 Å². The molecular weight excluding hydrogens is 237 g/mol. The van der Waals surface area contributed by atoms with Gasteiger partial charge in [0.15, 0.2) is 5.82 Å². The van der Waals surface area contributed by atoms with Gasteiger partial charge in [0, 0.05) is 0 Å². The number of aromatic nitrogens is 2. The van der Waals surface area contributed by atoms with Gasteiger partial charge in [0.25, 0.3) is 5.88 Å². The van der Waals surface area contributed by atoms with Gasteiger partial charge in [-0.25, -0.2) is 9.37 Å². The van der Waals surface area contributed by atoms with E-state index in [1.165, 1.54) is 25.6 Å². The maximum Gasteiger partial charge on any atom is 0.268 e. The van der Waals surface area contributed by atoms with Crippen LogP contribution in [0.5, 0.6) is 17.4 Å². The molecule has 0 saturated carbocycles. The lowest BCUT2D eigenvalue weighted by atomic mass is 10.2. The summed E-state index contributed by atoms with van der Waals surface area (Å²) in [5.41, 5.74) is 6.10. The summed E-state index contributed by atoms with van der Waals surface area (Å²) in [5, 5.41) is 0. The summed E-state index contributed by atoms with van der Waals surface area (Å²) in [6.07, 6.45) is 1.27. The SMILES string of the molecule is COc1c(N)ncnc1Oc1ccc(F)c(C)c1. The van der Waals surface area contributed by atoms with Crippen LogP contribution in [-0.4, -0.2) is 17.1 Å². The first-order valence-corrected chi connectivity index (χ1v) is 5.20. The number of rotatable bonds is 3. The summed E-state index contributed by atoms with van der Waals surface area (Å²) >= 11 is 0. The van der Waals surface area contributed by atoms with Crippen molar-refractivity contribution in [2.45, 2.75) is 6.92 Å². The Hall–Kier alpha value is -2.37. The molecule has 2 rings (SSSR count). The third-order valence-corrected chi connectivity index (χ3v) is 2.35. The Morgan fingerprint density at radius 2 is 2.06 bits per heavy atom. The van der Waals surface area contributed by atoms with Crippen LogP contribution in [-0.2, 0) is 0 Å². The summed E-state index contributed by atoms with van der Waals surface area (Å²) in [7, 11) is 1.44. The number of anilines is 1. The van der Waals surface area contributed by atoms with Gasteiger partial charge in [-0.05, 0) is 30.7 Å². The molecule has 0 aliphatic heterocycles. The van der Waals surface area contributed by atoms with Crippen molar-refractivity contribution in [3.63, 3.8) is 0 Å². The third-order valence-electron chi connectivity index (χ3n) is 2.35. The molecule has 6 heteroatoms. The maximum atomic E-state index is 13.1. The Morgan fingerprint density at radius 3 is 2.72 bits per heavy atom. The first-order chi connectivity index (χ1) is 8.61. The van der Waals surface area contributed by atoms with Crippen LogP contribution < -0.4 is 15.2 Å². The topological polar surface area (TPSA) is 70.3 Å². The van der Waals surface area contributed by atoms with Gasteiger partial charge in [0.2, 0.25) is 5.75 Å². The maximum absolute atomic E-state index is 13.1. The van der Waals surface area contributed by atoms with E-state index in [1.807, 2.05) is 0 Å². The number of hydrogen-bond acceptors (Lipinski definition) is 5. The highest BCUT2D eigenvalue weighted by Crippen LogP contribution is 2.32. The first kappa shape index (κ1) is 12.1. The molecular formula is C12H12FN3O2. The highest BCUT2D eigenvalue weighted by atomic mass is 19.1. The zero-order valence-electron chi connectivity index (χ0n) is 9.98. The van der Waals surface area contributed by atoms with Crippen molar-refractivity contribution >= 4 is 5.82 Å². The summed E-state index contributed by atoms with van der Waals surface area (Å²) < 4.78 is 23.7. The van der Waals surface area contributed by atoms with E-state index in [2.05, 4.69) is 9.97 Å². The summed E-state index contributed by atoms with van der Waals surface area (Å²) in [6, 6.07) is 4.38. The second kappa shape index (κ2) is 4.87. The Morgan fingerprint density at radius 1 is 1.28 bits per heavy atom. The van der Waals surface area contributed by atoms with E-state index in [9.17, 15) is 4.39 Å². The molecule has 0 amide bonds. The smallest absolute Gasteiger partial charge is 0.268 e. The summed E-state index contributed by atoms with van der Waals surface area (Å²) in [4.78, 5) is 7.71. The Kier molecular flexibility index (Phi) is 3.27.